The van der Waals surface area contributed by atoms with E-state index in [2.05, 4.69) is 82.3 Å². The van der Waals surface area contributed by atoms with Crippen LogP contribution in [0.25, 0.3) is 53.7 Å². The fraction of sp³-hybridized carbons (Fsp3) is 0.207. The summed E-state index contributed by atoms with van der Waals surface area (Å²) in [5.41, 5.74) is 5.35. The standard InChI is InChI=1S/C29H25NOS2/c1-17-13-19-14-22(27-26(28(19)32-17)21-7-5-6-8-24(21)31-27)23-15-18(11-12-30-23)25-10-9-20(33-25)16-29(2,3)4/h5-15H,16H2,1-4H3. The van der Waals surface area contributed by atoms with Gasteiger partial charge >= 0.3 is 0 Å². The SMILES string of the molecule is Cc1cc2cc(-c3cc(-c4ccc(CC(C)(C)C)s4)ccn3)c3oc4ccccc4c3c2s1. The van der Waals surface area contributed by atoms with E-state index in [1.807, 2.05) is 34.9 Å². The molecule has 2 nitrogen and oxygen atoms in total. The fourth-order valence-corrected chi connectivity index (χ4v) is 6.94. The summed E-state index contributed by atoms with van der Waals surface area (Å²) in [4.78, 5) is 8.79. The lowest BCUT2D eigenvalue weighted by Gasteiger charge is -2.16. The second-order valence-corrected chi connectivity index (χ2v) is 12.4. The topological polar surface area (TPSA) is 26.0 Å². The smallest absolute Gasteiger partial charge is 0.146 e. The fourth-order valence-electron chi connectivity index (χ4n) is 4.59. The van der Waals surface area contributed by atoms with Gasteiger partial charge in [-0.1, -0.05) is 39.0 Å². The minimum atomic E-state index is 0.284. The number of nitrogens with zero attached hydrogens (tertiary/aromatic N) is 1. The number of thiophene rings is 2. The van der Waals surface area contributed by atoms with Gasteiger partial charge in [0.15, 0.2) is 0 Å². The van der Waals surface area contributed by atoms with Crippen LogP contribution in [0.3, 0.4) is 0 Å². The lowest BCUT2D eigenvalue weighted by molar-refractivity contribution is 0.414. The Labute approximate surface area is 201 Å². The highest BCUT2D eigenvalue weighted by molar-refractivity contribution is 7.20. The van der Waals surface area contributed by atoms with E-state index in [-0.39, 0.29) is 5.41 Å². The van der Waals surface area contributed by atoms with Crippen molar-refractivity contribution in [2.45, 2.75) is 34.1 Å². The highest BCUT2D eigenvalue weighted by Gasteiger charge is 2.19. The summed E-state index contributed by atoms with van der Waals surface area (Å²) < 4.78 is 7.72. The molecule has 0 bridgehead atoms. The van der Waals surface area contributed by atoms with Gasteiger partial charge in [0.2, 0.25) is 0 Å². The highest BCUT2D eigenvalue weighted by atomic mass is 32.1. The van der Waals surface area contributed by atoms with Crippen LogP contribution in [0.1, 0.15) is 30.5 Å². The number of aromatic nitrogens is 1. The van der Waals surface area contributed by atoms with Crippen molar-refractivity contribution in [2.24, 2.45) is 5.41 Å². The van der Waals surface area contributed by atoms with Crippen LogP contribution in [0.5, 0.6) is 0 Å². The number of rotatable bonds is 3. The molecule has 0 fully saturated rings. The molecule has 6 aromatic rings. The summed E-state index contributed by atoms with van der Waals surface area (Å²) in [6.45, 7) is 9.04. The van der Waals surface area contributed by atoms with Crippen molar-refractivity contribution >= 4 is 54.7 Å². The normalized spacial score (nSPS) is 12.4. The summed E-state index contributed by atoms with van der Waals surface area (Å²) in [6, 6.07) is 21.7. The first-order valence-electron chi connectivity index (χ1n) is 11.3. The molecule has 0 atom stereocenters. The van der Waals surface area contributed by atoms with E-state index in [0.29, 0.717) is 0 Å². The monoisotopic (exact) mass is 467 g/mol. The van der Waals surface area contributed by atoms with E-state index in [1.54, 1.807) is 0 Å². The zero-order valence-electron chi connectivity index (χ0n) is 19.2. The van der Waals surface area contributed by atoms with Gasteiger partial charge in [0.05, 0.1) is 5.69 Å². The van der Waals surface area contributed by atoms with Gasteiger partial charge in [-0.25, -0.2) is 0 Å². The Bertz CT molecular complexity index is 1640. The molecular weight excluding hydrogens is 442 g/mol. The number of fused-ring (bicyclic) bond motifs is 5. The number of hydrogen-bond donors (Lipinski definition) is 0. The predicted molar refractivity (Wildman–Crippen MR) is 144 cm³/mol. The number of furan rings is 1. The van der Waals surface area contributed by atoms with E-state index in [9.17, 15) is 0 Å². The lowest BCUT2D eigenvalue weighted by atomic mass is 9.92. The molecule has 0 unspecified atom stereocenters. The van der Waals surface area contributed by atoms with E-state index in [0.717, 1.165) is 28.8 Å². The van der Waals surface area contributed by atoms with Crippen LogP contribution in [-0.2, 0) is 6.42 Å². The molecule has 0 saturated heterocycles. The van der Waals surface area contributed by atoms with Gasteiger partial charge in [0.1, 0.15) is 11.2 Å². The van der Waals surface area contributed by atoms with Crippen molar-refractivity contribution in [3.8, 4) is 21.7 Å². The largest absolute Gasteiger partial charge is 0.455 e. The number of benzene rings is 2. The minimum absolute atomic E-state index is 0.284. The number of hydrogen-bond acceptors (Lipinski definition) is 4. The molecule has 0 saturated carbocycles. The highest BCUT2D eigenvalue weighted by Crippen LogP contribution is 2.44. The second kappa shape index (κ2) is 7.54. The average molecular weight is 468 g/mol. The van der Waals surface area contributed by atoms with Crippen molar-refractivity contribution in [3.05, 3.63) is 76.6 Å². The number of aryl methyl sites for hydroxylation is 1. The van der Waals surface area contributed by atoms with Gasteiger partial charge in [0.25, 0.3) is 0 Å². The van der Waals surface area contributed by atoms with Crippen molar-refractivity contribution in [1.82, 2.24) is 4.98 Å². The average Bonchev–Trinajstić information content (AvgIpc) is 3.47. The molecule has 164 valence electrons. The molecule has 0 aliphatic rings. The lowest BCUT2D eigenvalue weighted by Crippen LogP contribution is -2.07. The summed E-state index contributed by atoms with van der Waals surface area (Å²) in [5, 5.41) is 3.62. The number of pyridine rings is 1. The predicted octanol–water partition coefficient (Wildman–Crippen LogP) is 9.49. The van der Waals surface area contributed by atoms with Crippen LogP contribution in [0.2, 0.25) is 0 Å². The molecule has 0 amide bonds. The molecule has 2 aromatic carbocycles. The van der Waals surface area contributed by atoms with Crippen LogP contribution in [0.4, 0.5) is 0 Å². The Morgan fingerprint density at radius 3 is 2.64 bits per heavy atom. The minimum Gasteiger partial charge on any atom is -0.455 e. The first-order chi connectivity index (χ1) is 15.9. The van der Waals surface area contributed by atoms with Gasteiger partial charge in [-0.15, -0.1) is 22.7 Å². The Kier molecular flexibility index (Phi) is 4.72. The van der Waals surface area contributed by atoms with E-state index >= 15 is 0 Å². The first-order valence-corrected chi connectivity index (χ1v) is 12.9. The van der Waals surface area contributed by atoms with Gasteiger partial charge in [0, 0.05) is 41.9 Å². The van der Waals surface area contributed by atoms with E-state index < -0.39 is 0 Å². The van der Waals surface area contributed by atoms with Crippen molar-refractivity contribution < 1.29 is 4.42 Å². The molecule has 0 aliphatic heterocycles. The molecule has 6 rings (SSSR count). The summed E-state index contributed by atoms with van der Waals surface area (Å²) in [5.74, 6) is 0. The van der Waals surface area contributed by atoms with Crippen molar-refractivity contribution in [2.75, 3.05) is 0 Å². The van der Waals surface area contributed by atoms with Crippen molar-refractivity contribution in [3.63, 3.8) is 0 Å². The Morgan fingerprint density at radius 1 is 0.939 bits per heavy atom. The molecule has 4 heteroatoms. The molecule has 4 heterocycles. The third kappa shape index (κ3) is 3.68. The van der Waals surface area contributed by atoms with Gasteiger partial charge in [-0.2, -0.15) is 0 Å². The van der Waals surface area contributed by atoms with Crippen molar-refractivity contribution in [1.29, 1.82) is 0 Å². The van der Waals surface area contributed by atoms with Crippen LogP contribution < -0.4 is 0 Å². The second-order valence-electron chi connectivity index (χ2n) is 9.94. The molecular formula is C29H25NOS2. The summed E-state index contributed by atoms with van der Waals surface area (Å²) >= 11 is 3.71. The van der Waals surface area contributed by atoms with E-state index in [1.165, 1.54) is 41.1 Å². The van der Waals surface area contributed by atoms with Gasteiger partial charge in [-0.3, -0.25) is 4.98 Å². The summed E-state index contributed by atoms with van der Waals surface area (Å²) in [7, 11) is 0. The zero-order valence-corrected chi connectivity index (χ0v) is 20.9. The quantitative estimate of drug-likeness (QED) is 0.259. The van der Waals surface area contributed by atoms with Crippen LogP contribution >= 0.6 is 22.7 Å². The molecule has 0 aliphatic carbocycles. The molecule has 33 heavy (non-hydrogen) atoms. The molecule has 0 radical (unpaired) electrons. The van der Waals surface area contributed by atoms with E-state index in [4.69, 9.17) is 9.40 Å². The third-order valence-electron chi connectivity index (χ3n) is 5.94. The maximum atomic E-state index is 6.43. The van der Waals surface area contributed by atoms with Crippen LogP contribution in [0.15, 0.2) is 71.3 Å². The van der Waals surface area contributed by atoms with Crippen LogP contribution in [0, 0.1) is 12.3 Å². The van der Waals surface area contributed by atoms with Gasteiger partial charge < -0.3 is 4.42 Å². The Balaban J connectivity index is 1.54. The maximum Gasteiger partial charge on any atom is 0.146 e. The maximum absolute atomic E-state index is 6.43. The molecule has 0 N–H and O–H groups in total. The third-order valence-corrected chi connectivity index (χ3v) is 8.16. The molecule has 4 aromatic heterocycles. The Morgan fingerprint density at radius 2 is 1.79 bits per heavy atom. The summed E-state index contributed by atoms with van der Waals surface area (Å²) in [6.07, 6.45) is 3.01. The van der Waals surface area contributed by atoms with Crippen LogP contribution in [-0.4, -0.2) is 4.98 Å². The first kappa shape index (κ1) is 20.6. The number of para-hydroxylation sites is 1. The Hall–Kier alpha value is -2.95. The van der Waals surface area contributed by atoms with Gasteiger partial charge in [-0.05, 0) is 72.2 Å². The molecule has 0 spiro atoms. The zero-order chi connectivity index (χ0) is 22.7.